The largest absolute Gasteiger partial charge is 0.327 e. The van der Waals surface area contributed by atoms with Gasteiger partial charge in [-0.05, 0) is 64.8 Å². The van der Waals surface area contributed by atoms with Gasteiger partial charge in [-0.2, -0.15) is 0 Å². The molecule has 3 aromatic rings. The lowest BCUT2D eigenvalue weighted by molar-refractivity contribution is 0.133. The molecule has 1 aliphatic rings. The summed E-state index contributed by atoms with van der Waals surface area (Å²) >= 11 is 0. The van der Waals surface area contributed by atoms with Gasteiger partial charge in [0.2, 0.25) is 0 Å². The minimum absolute atomic E-state index is 0.0579. The van der Waals surface area contributed by atoms with Crippen LogP contribution in [-0.4, -0.2) is 45.3 Å². The number of halogens is 1. The molecule has 32 heavy (non-hydrogen) atoms. The number of hydrogen-bond donors (Lipinski definition) is 1. The minimum atomic E-state index is -3.60. The fourth-order valence-electron chi connectivity index (χ4n) is 4.86. The molecule has 3 heterocycles. The van der Waals surface area contributed by atoms with Gasteiger partial charge >= 0.3 is 0 Å². The van der Waals surface area contributed by atoms with Gasteiger partial charge in [0.1, 0.15) is 18.0 Å². The summed E-state index contributed by atoms with van der Waals surface area (Å²) in [6.45, 7) is 8.63. The van der Waals surface area contributed by atoms with Crippen LogP contribution in [0.2, 0.25) is 0 Å². The summed E-state index contributed by atoms with van der Waals surface area (Å²) in [4.78, 5) is 12.9. The van der Waals surface area contributed by atoms with Gasteiger partial charge in [0, 0.05) is 41.3 Å². The predicted molar refractivity (Wildman–Crippen MR) is 121 cm³/mol. The summed E-state index contributed by atoms with van der Waals surface area (Å²) in [6, 6.07) is 6.17. The van der Waals surface area contributed by atoms with Gasteiger partial charge in [0.05, 0.1) is 11.3 Å². The third-order valence-corrected chi connectivity index (χ3v) is 6.73. The Morgan fingerprint density at radius 2 is 1.72 bits per heavy atom. The van der Waals surface area contributed by atoms with E-state index in [1.165, 1.54) is 24.7 Å². The lowest BCUT2D eigenvalue weighted by atomic mass is 9.79. The van der Waals surface area contributed by atoms with Crippen molar-refractivity contribution in [1.29, 1.82) is 0 Å². The highest BCUT2D eigenvalue weighted by molar-refractivity contribution is 7.90. The smallest absolute Gasteiger partial charge is 0.193 e. The molecule has 170 valence electrons. The summed E-state index contributed by atoms with van der Waals surface area (Å²) in [6.07, 6.45) is 7.42. The van der Waals surface area contributed by atoms with Crippen LogP contribution in [0.1, 0.15) is 46.6 Å². The van der Waals surface area contributed by atoms with Gasteiger partial charge in [0.25, 0.3) is 0 Å². The topological polar surface area (TPSA) is 89.8 Å². The molecule has 0 radical (unpaired) electrons. The van der Waals surface area contributed by atoms with Crippen molar-refractivity contribution in [1.82, 2.24) is 24.8 Å². The monoisotopic (exact) mass is 457 g/mol. The summed E-state index contributed by atoms with van der Waals surface area (Å²) in [7, 11) is -3.60. The van der Waals surface area contributed by atoms with E-state index in [0.29, 0.717) is 17.1 Å². The molecular weight excluding hydrogens is 429 g/mol. The fraction of sp³-hybridized carbons (Fsp3) is 0.435. The maximum atomic E-state index is 13.5. The molecule has 0 unspecified atom stereocenters. The Morgan fingerprint density at radius 3 is 2.31 bits per heavy atom. The van der Waals surface area contributed by atoms with Crippen LogP contribution in [0.15, 0.2) is 48.0 Å². The molecule has 0 aliphatic carbocycles. The first-order valence-electron chi connectivity index (χ1n) is 10.5. The second-order valence-electron chi connectivity index (χ2n) is 9.83. The van der Waals surface area contributed by atoms with Crippen LogP contribution in [0.5, 0.6) is 0 Å². The second kappa shape index (κ2) is 7.74. The highest BCUT2D eigenvalue weighted by Crippen LogP contribution is 2.40. The lowest BCUT2D eigenvalue weighted by Crippen LogP contribution is -2.57. The summed E-state index contributed by atoms with van der Waals surface area (Å²) in [5, 5.41) is 3.62. The van der Waals surface area contributed by atoms with Gasteiger partial charge < -0.3 is 9.88 Å². The van der Waals surface area contributed by atoms with Gasteiger partial charge in [-0.1, -0.05) is 0 Å². The molecule has 1 aromatic carbocycles. The molecule has 1 N–H and O–H groups in total. The molecule has 1 fully saturated rings. The van der Waals surface area contributed by atoms with Crippen molar-refractivity contribution in [3.8, 4) is 22.6 Å². The second-order valence-corrected chi connectivity index (χ2v) is 11.8. The van der Waals surface area contributed by atoms with E-state index < -0.39 is 9.84 Å². The molecule has 9 heteroatoms. The quantitative estimate of drug-likeness (QED) is 0.595. The predicted octanol–water partition coefficient (Wildman–Crippen LogP) is 4.03. The number of benzene rings is 1. The van der Waals surface area contributed by atoms with Crippen LogP contribution < -0.4 is 5.32 Å². The number of hydrogen-bond acceptors (Lipinski definition) is 6. The van der Waals surface area contributed by atoms with Crippen molar-refractivity contribution in [3.63, 3.8) is 0 Å². The van der Waals surface area contributed by atoms with Crippen molar-refractivity contribution in [2.24, 2.45) is 0 Å². The molecular formula is C23H28FN5O2S. The van der Waals surface area contributed by atoms with Gasteiger partial charge in [-0.3, -0.25) is 0 Å². The van der Waals surface area contributed by atoms with E-state index in [9.17, 15) is 12.8 Å². The third kappa shape index (κ3) is 4.59. The Labute approximate surface area is 188 Å². The lowest BCUT2D eigenvalue weighted by Gasteiger charge is -2.47. The van der Waals surface area contributed by atoms with E-state index in [-0.39, 0.29) is 28.0 Å². The van der Waals surface area contributed by atoms with E-state index in [1.54, 1.807) is 12.1 Å². The van der Waals surface area contributed by atoms with Gasteiger partial charge in [-0.25, -0.2) is 27.8 Å². The first-order valence-corrected chi connectivity index (χ1v) is 12.4. The number of nitrogens with one attached hydrogen (secondary N) is 1. The van der Waals surface area contributed by atoms with Crippen molar-refractivity contribution in [2.45, 2.75) is 62.7 Å². The molecule has 0 spiro atoms. The van der Waals surface area contributed by atoms with Crippen LogP contribution in [0.4, 0.5) is 4.39 Å². The average molecular weight is 458 g/mol. The Balaban J connectivity index is 1.93. The number of aromatic nitrogens is 4. The number of sulfone groups is 1. The highest BCUT2D eigenvalue weighted by Gasteiger charge is 2.39. The van der Waals surface area contributed by atoms with Crippen molar-refractivity contribution >= 4 is 9.84 Å². The molecule has 1 saturated heterocycles. The summed E-state index contributed by atoms with van der Waals surface area (Å²) in [5.74, 6) is 0.162. The van der Waals surface area contributed by atoms with Crippen LogP contribution >= 0.6 is 0 Å². The average Bonchev–Trinajstić information content (AvgIpc) is 3.11. The van der Waals surface area contributed by atoms with E-state index in [2.05, 4.69) is 43.0 Å². The first kappa shape index (κ1) is 22.5. The Morgan fingerprint density at radius 1 is 1.09 bits per heavy atom. The van der Waals surface area contributed by atoms with Crippen LogP contribution in [0, 0.1) is 5.82 Å². The molecule has 7 nitrogen and oxygen atoms in total. The molecule has 0 bridgehead atoms. The third-order valence-electron chi connectivity index (χ3n) is 5.70. The zero-order valence-electron chi connectivity index (χ0n) is 18.9. The minimum Gasteiger partial charge on any atom is -0.327 e. The molecule has 4 rings (SSSR count). The SMILES string of the molecule is CC1(C)CC(n2cc(-c3ccc(F)cc3)nc2-c2cncnc2S(C)(=O)=O)CC(C)(C)N1. The van der Waals surface area contributed by atoms with Crippen LogP contribution in [0.3, 0.4) is 0 Å². The maximum absolute atomic E-state index is 13.5. The normalized spacial score (nSPS) is 18.6. The number of rotatable bonds is 4. The fourth-order valence-corrected chi connectivity index (χ4v) is 5.65. The number of imidazole rings is 1. The number of piperidine rings is 1. The van der Waals surface area contributed by atoms with Crippen molar-refractivity contribution in [3.05, 3.63) is 48.8 Å². The summed E-state index contributed by atoms with van der Waals surface area (Å²) < 4.78 is 40.4. The summed E-state index contributed by atoms with van der Waals surface area (Å²) in [5.41, 5.74) is 1.49. The van der Waals surface area contributed by atoms with Crippen molar-refractivity contribution < 1.29 is 12.8 Å². The Bertz CT molecular complexity index is 1230. The first-order chi connectivity index (χ1) is 14.8. The molecule has 1 aliphatic heterocycles. The van der Waals surface area contributed by atoms with E-state index in [1.807, 2.05) is 10.8 Å². The Hall–Kier alpha value is -2.65. The Kier molecular flexibility index (Phi) is 5.45. The maximum Gasteiger partial charge on any atom is 0.193 e. The standard InChI is InChI=1S/C23H28FN5O2S/c1-22(2)10-17(11-23(3,4)28-22)29-13-19(15-6-8-16(24)9-7-15)27-20(29)18-12-25-14-26-21(18)32(5,30)31/h6-9,12-14,17,28H,10-11H2,1-5H3. The number of nitrogens with zero attached hydrogens (tertiary/aromatic N) is 4. The van der Waals surface area contributed by atoms with Gasteiger partial charge in [-0.15, -0.1) is 0 Å². The highest BCUT2D eigenvalue weighted by atomic mass is 32.2. The van der Waals surface area contributed by atoms with E-state index >= 15 is 0 Å². The molecule has 0 amide bonds. The van der Waals surface area contributed by atoms with Gasteiger partial charge in [0.15, 0.2) is 14.9 Å². The zero-order chi connectivity index (χ0) is 23.3. The van der Waals surface area contributed by atoms with E-state index in [4.69, 9.17) is 4.98 Å². The van der Waals surface area contributed by atoms with E-state index in [0.717, 1.165) is 24.7 Å². The van der Waals surface area contributed by atoms with Crippen molar-refractivity contribution in [2.75, 3.05) is 6.26 Å². The molecule has 0 atom stereocenters. The van der Waals surface area contributed by atoms with Crippen LogP contribution in [-0.2, 0) is 9.84 Å². The zero-order valence-corrected chi connectivity index (χ0v) is 19.7. The molecule has 2 aromatic heterocycles. The van der Waals surface area contributed by atoms with Crippen LogP contribution in [0.25, 0.3) is 22.6 Å². The molecule has 0 saturated carbocycles.